The summed E-state index contributed by atoms with van der Waals surface area (Å²) in [4.78, 5) is 51.3. The van der Waals surface area contributed by atoms with E-state index in [0.717, 1.165) is 135 Å². The number of carbonyl (C=O) groups is 4. The Balaban J connectivity index is 2.68. The van der Waals surface area contributed by atoms with Crippen LogP contribution in [0.1, 0.15) is 265 Å². The summed E-state index contributed by atoms with van der Waals surface area (Å²) in [6, 6.07) is 0. The zero-order valence-corrected chi connectivity index (χ0v) is 49.8. The van der Waals surface area contributed by atoms with E-state index in [9.17, 15) is 34.5 Å². The van der Waals surface area contributed by atoms with Crippen LogP contribution in [-0.4, -0.2) is 89.2 Å². The fourth-order valence-electron chi connectivity index (χ4n) is 9.20. The average Bonchev–Trinajstić information content (AvgIpc) is 3.46. The van der Waals surface area contributed by atoms with E-state index in [0.29, 0.717) is 19.3 Å². The highest BCUT2D eigenvalue weighted by Gasteiger charge is 2.50. The molecule has 1 aliphatic rings. The first kappa shape index (κ1) is 72.9. The Bertz CT molecular complexity index is 1700. The van der Waals surface area contributed by atoms with Crippen LogP contribution in [0.5, 0.6) is 0 Å². The number of aliphatic hydroxyl groups excluding tert-OH is 2. The van der Waals surface area contributed by atoms with E-state index in [1.54, 1.807) is 0 Å². The molecular formula is C67H112O12. The van der Waals surface area contributed by atoms with Crippen molar-refractivity contribution < 1.29 is 58.2 Å². The van der Waals surface area contributed by atoms with Gasteiger partial charge in [0.15, 0.2) is 24.6 Å². The molecule has 12 nitrogen and oxygen atoms in total. The molecule has 0 aromatic rings. The second-order valence-electron chi connectivity index (χ2n) is 21.3. The molecule has 1 heterocycles. The Morgan fingerprint density at radius 2 is 0.797 bits per heavy atom. The second-order valence-corrected chi connectivity index (χ2v) is 21.3. The molecule has 79 heavy (non-hydrogen) atoms. The molecule has 6 atom stereocenters. The van der Waals surface area contributed by atoms with Gasteiger partial charge in [0, 0.05) is 19.3 Å². The van der Waals surface area contributed by atoms with Crippen LogP contribution in [0.15, 0.2) is 85.1 Å². The Kier molecular flexibility index (Phi) is 50.3. The number of ether oxygens (including phenoxy) is 5. The number of esters is 3. The van der Waals surface area contributed by atoms with Gasteiger partial charge >= 0.3 is 23.9 Å². The van der Waals surface area contributed by atoms with E-state index in [1.165, 1.54) is 70.6 Å². The summed E-state index contributed by atoms with van der Waals surface area (Å²) in [7, 11) is 0. The predicted molar refractivity (Wildman–Crippen MR) is 321 cm³/mol. The standard InChI is InChI=1S/C67H112O12/c1-4-7-10-13-16-19-22-25-28-29-30-31-34-35-38-41-44-47-50-53-59(68)75-56-58(77-60(69)54-51-48-45-42-39-36-32-26-23-20-17-14-11-8-5-2)57-76-67-65(63(72)62(71)64(79-67)66(73)74)78-61(70)55-52-49-46-43-40-37-33-27-24-21-18-15-12-9-6-3/h7,9-10,12,16,18-19,21,25,27-28,30-31,33,58,62-65,67,71-72H,4-6,8,11,13-15,17,20,22-24,26,29,32,34-57H2,1-3H3,(H,73,74)/b10-7-,12-9-,19-16-,21-18-,28-25-,31-30-,33-27-. The van der Waals surface area contributed by atoms with Crippen molar-refractivity contribution in [2.24, 2.45) is 0 Å². The minimum atomic E-state index is -1.91. The van der Waals surface area contributed by atoms with Gasteiger partial charge in [-0.15, -0.1) is 0 Å². The quantitative estimate of drug-likeness (QED) is 0.0228. The molecule has 3 N–H and O–H groups in total. The molecule has 1 saturated heterocycles. The molecule has 452 valence electrons. The van der Waals surface area contributed by atoms with Gasteiger partial charge < -0.3 is 39.0 Å². The van der Waals surface area contributed by atoms with Crippen LogP contribution in [0.4, 0.5) is 0 Å². The zero-order valence-electron chi connectivity index (χ0n) is 49.8. The number of carboxylic acid groups (broad SMARTS) is 1. The maximum Gasteiger partial charge on any atom is 0.335 e. The summed E-state index contributed by atoms with van der Waals surface area (Å²) in [6.45, 7) is 5.77. The van der Waals surface area contributed by atoms with Crippen molar-refractivity contribution in [2.75, 3.05) is 13.2 Å². The molecule has 0 saturated carbocycles. The molecule has 12 heteroatoms. The molecule has 1 aliphatic heterocycles. The summed E-state index contributed by atoms with van der Waals surface area (Å²) in [6.07, 6.45) is 58.2. The number of unbranched alkanes of at least 4 members (excludes halogenated alkanes) is 25. The molecular weight excluding hydrogens is 997 g/mol. The van der Waals surface area contributed by atoms with Crippen LogP contribution in [0.2, 0.25) is 0 Å². The summed E-state index contributed by atoms with van der Waals surface area (Å²) in [5.41, 5.74) is 0. The van der Waals surface area contributed by atoms with E-state index < -0.39 is 67.3 Å². The number of allylic oxidation sites excluding steroid dienone is 14. The van der Waals surface area contributed by atoms with Crippen molar-refractivity contribution in [1.29, 1.82) is 0 Å². The molecule has 1 fully saturated rings. The van der Waals surface area contributed by atoms with E-state index in [-0.39, 0.29) is 25.9 Å². The van der Waals surface area contributed by atoms with Crippen molar-refractivity contribution in [2.45, 2.75) is 302 Å². The van der Waals surface area contributed by atoms with Gasteiger partial charge in [0.2, 0.25) is 0 Å². The third kappa shape index (κ3) is 44.3. The molecule has 0 amide bonds. The first-order valence-electron chi connectivity index (χ1n) is 31.6. The molecule has 0 aliphatic carbocycles. The van der Waals surface area contributed by atoms with Gasteiger partial charge in [-0.1, -0.05) is 241 Å². The zero-order chi connectivity index (χ0) is 57.5. The van der Waals surface area contributed by atoms with Crippen LogP contribution in [0.3, 0.4) is 0 Å². The van der Waals surface area contributed by atoms with Gasteiger partial charge in [0.1, 0.15) is 18.8 Å². The van der Waals surface area contributed by atoms with Gasteiger partial charge in [-0.3, -0.25) is 14.4 Å². The fourth-order valence-corrected chi connectivity index (χ4v) is 9.20. The van der Waals surface area contributed by atoms with Crippen molar-refractivity contribution in [3.63, 3.8) is 0 Å². The van der Waals surface area contributed by atoms with Crippen LogP contribution in [0, 0.1) is 0 Å². The highest BCUT2D eigenvalue weighted by atomic mass is 16.7. The second kappa shape index (κ2) is 54.5. The van der Waals surface area contributed by atoms with Crippen LogP contribution in [0.25, 0.3) is 0 Å². The van der Waals surface area contributed by atoms with Crippen LogP contribution < -0.4 is 0 Å². The summed E-state index contributed by atoms with van der Waals surface area (Å²) >= 11 is 0. The van der Waals surface area contributed by atoms with Crippen LogP contribution >= 0.6 is 0 Å². The maximum absolute atomic E-state index is 13.2. The van der Waals surface area contributed by atoms with E-state index in [1.807, 2.05) is 0 Å². The number of aliphatic carboxylic acids is 1. The highest BCUT2D eigenvalue weighted by molar-refractivity contribution is 5.74. The Morgan fingerprint density at radius 3 is 1.22 bits per heavy atom. The molecule has 0 radical (unpaired) electrons. The number of hydrogen-bond donors (Lipinski definition) is 3. The molecule has 0 spiro atoms. The van der Waals surface area contributed by atoms with Crippen molar-refractivity contribution >= 4 is 23.9 Å². The van der Waals surface area contributed by atoms with Gasteiger partial charge in [-0.2, -0.15) is 0 Å². The lowest BCUT2D eigenvalue weighted by Gasteiger charge is -2.40. The number of hydrogen-bond acceptors (Lipinski definition) is 11. The van der Waals surface area contributed by atoms with Gasteiger partial charge in [0.25, 0.3) is 0 Å². The highest BCUT2D eigenvalue weighted by Crippen LogP contribution is 2.26. The van der Waals surface area contributed by atoms with Crippen molar-refractivity contribution in [1.82, 2.24) is 0 Å². The minimum Gasteiger partial charge on any atom is -0.479 e. The maximum atomic E-state index is 13.2. The van der Waals surface area contributed by atoms with Gasteiger partial charge in [-0.05, 0) is 89.9 Å². The largest absolute Gasteiger partial charge is 0.479 e. The van der Waals surface area contributed by atoms with E-state index in [2.05, 4.69) is 106 Å². The molecule has 0 bridgehead atoms. The summed E-state index contributed by atoms with van der Waals surface area (Å²) in [5.74, 6) is -3.15. The van der Waals surface area contributed by atoms with E-state index >= 15 is 0 Å². The topological polar surface area (TPSA) is 175 Å². The number of carboxylic acids is 1. The van der Waals surface area contributed by atoms with Crippen molar-refractivity contribution in [3.05, 3.63) is 85.1 Å². The fraction of sp³-hybridized carbons (Fsp3) is 0.731. The number of rotatable bonds is 53. The first-order chi connectivity index (χ1) is 38.6. The Morgan fingerprint density at radius 1 is 0.430 bits per heavy atom. The molecule has 0 aromatic heterocycles. The predicted octanol–water partition coefficient (Wildman–Crippen LogP) is 16.7. The van der Waals surface area contributed by atoms with Crippen LogP contribution in [-0.2, 0) is 42.9 Å². The molecule has 6 unspecified atom stereocenters. The number of carbonyl (C=O) groups excluding carboxylic acids is 3. The third-order valence-electron chi connectivity index (χ3n) is 14.0. The van der Waals surface area contributed by atoms with E-state index in [4.69, 9.17) is 23.7 Å². The normalized spacial score (nSPS) is 18.4. The summed E-state index contributed by atoms with van der Waals surface area (Å²) in [5, 5.41) is 31.5. The monoisotopic (exact) mass is 1110 g/mol. The third-order valence-corrected chi connectivity index (χ3v) is 14.0. The molecule has 0 aromatic carbocycles. The van der Waals surface area contributed by atoms with Gasteiger partial charge in [0.05, 0.1) is 6.61 Å². The summed E-state index contributed by atoms with van der Waals surface area (Å²) < 4.78 is 28.5. The Hall–Kier alpha value is -4.10. The van der Waals surface area contributed by atoms with Gasteiger partial charge in [-0.25, -0.2) is 4.79 Å². The lowest BCUT2D eigenvalue weighted by Crippen LogP contribution is -2.61. The minimum absolute atomic E-state index is 0.0380. The number of aliphatic hydroxyl groups is 2. The molecule has 1 rings (SSSR count). The average molecular weight is 1110 g/mol. The smallest absolute Gasteiger partial charge is 0.335 e. The lowest BCUT2D eigenvalue weighted by molar-refractivity contribution is -0.301. The Labute approximate surface area is 480 Å². The first-order valence-corrected chi connectivity index (χ1v) is 31.6. The van der Waals surface area contributed by atoms with Crippen molar-refractivity contribution in [3.8, 4) is 0 Å². The lowest BCUT2D eigenvalue weighted by atomic mass is 9.98. The SMILES string of the molecule is CC/C=C\C/C=C\C/C=C\C/C=C\CCCCCCCCC(=O)OCC(COC1OC(C(=O)O)C(O)C(O)C1OC(=O)CCCCCCC/C=C\C/C=C\C/C=C\CC)OC(=O)CCCCCCCCCCCCCCCCC.